The van der Waals surface area contributed by atoms with Crippen molar-refractivity contribution in [3.63, 3.8) is 0 Å². The van der Waals surface area contributed by atoms with E-state index in [9.17, 15) is 9.59 Å². The largest absolute Gasteiger partial charge is 0.355 e. The molecular formula is C17H26N4O2. The fourth-order valence-electron chi connectivity index (χ4n) is 4.19. The third-order valence-corrected chi connectivity index (χ3v) is 5.50. The van der Waals surface area contributed by atoms with Gasteiger partial charge in [0, 0.05) is 45.0 Å². The van der Waals surface area contributed by atoms with Crippen LogP contribution in [0.5, 0.6) is 0 Å². The molecule has 2 aliphatic rings. The Morgan fingerprint density at radius 3 is 3.09 bits per heavy atom. The Bertz CT molecular complexity index is 557. The summed E-state index contributed by atoms with van der Waals surface area (Å²) in [6.07, 6.45) is 9.79. The van der Waals surface area contributed by atoms with Gasteiger partial charge < -0.3 is 10.2 Å². The maximum atomic E-state index is 12.9. The molecule has 1 saturated heterocycles. The average molecular weight is 318 g/mol. The third kappa shape index (κ3) is 3.12. The van der Waals surface area contributed by atoms with Gasteiger partial charge in [-0.15, -0.1) is 0 Å². The van der Waals surface area contributed by atoms with Gasteiger partial charge in [-0.2, -0.15) is 5.10 Å². The minimum Gasteiger partial charge on any atom is -0.355 e. The number of rotatable bonds is 5. The highest BCUT2D eigenvalue weighted by Gasteiger charge is 2.52. The molecule has 2 fully saturated rings. The quantitative estimate of drug-likeness (QED) is 0.838. The number of hydrogen-bond donors (Lipinski definition) is 1. The lowest BCUT2D eigenvalue weighted by Crippen LogP contribution is -2.60. The predicted molar refractivity (Wildman–Crippen MR) is 86.5 cm³/mol. The van der Waals surface area contributed by atoms with Crippen molar-refractivity contribution >= 4 is 11.8 Å². The normalized spacial score (nSPS) is 27.6. The van der Waals surface area contributed by atoms with Gasteiger partial charge in [-0.3, -0.25) is 14.3 Å². The van der Waals surface area contributed by atoms with Gasteiger partial charge >= 0.3 is 0 Å². The van der Waals surface area contributed by atoms with Gasteiger partial charge in [-0.1, -0.05) is 12.8 Å². The second kappa shape index (κ2) is 6.72. The number of nitrogens with zero attached hydrogens (tertiary/aromatic N) is 3. The summed E-state index contributed by atoms with van der Waals surface area (Å²) in [5, 5.41) is 7.29. The van der Waals surface area contributed by atoms with Crippen molar-refractivity contribution in [2.24, 2.45) is 5.41 Å². The van der Waals surface area contributed by atoms with Gasteiger partial charge in [0.2, 0.25) is 11.8 Å². The van der Waals surface area contributed by atoms with Crippen LogP contribution in [0.2, 0.25) is 0 Å². The second-order valence-electron chi connectivity index (χ2n) is 6.80. The molecule has 2 heterocycles. The fourth-order valence-corrected chi connectivity index (χ4v) is 4.19. The number of amides is 2. The third-order valence-electron chi connectivity index (χ3n) is 5.50. The lowest BCUT2D eigenvalue weighted by molar-refractivity contribution is -0.153. The summed E-state index contributed by atoms with van der Waals surface area (Å²) in [4.78, 5) is 26.7. The summed E-state index contributed by atoms with van der Waals surface area (Å²) >= 11 is 0. The number of carbonyl (C=O) groups is 2. The first-order valence-corrected chi connectivity index (χ1v) is 8.65. The predicted octanol–water partition coefficient (Wildman–Crippen LogP) is 1.57. The van der Waals surface area contributed by atoms with Crippen molar-refractivity contribution in [3.8, 4) is 0 Å². The summed E-state index contributed by atoms with van der Waals surface area (Å²) in [6.45, 7) is 1.47. The molecule has 1 aliphatic carbocycles. The van der Waals surface area contributed by atoms with Crippen molar-refractivity contribution in [3.05, 3.63) is 18.5 Å². The molecule has 0 bridgehead atoms. The van der Waals surface area contributed by atoms with Crippen LogP contribution in [0.15, 0.2) is 18.5 Å². The number of carbonyl (C=O) groups excluding carboxylic acids is 2. The van der Waals surface area contributed by atoms with E-state index in [0.29, 0.717) is 19.4 Å². The molecule has 126 valence electrons. The van der Waals surface area contributed by atoms with Crippen molar-refractivity contribution in [1.29, 1.82) is 0 Å². The van der Waals surface area contributed by atoms with Gasteiger partial charge in [0.15, 0.2) is 0 Å². The van der Waals surface area contributed by atoms with E-state index in [-0.39, 0.29) is 23.3 Å². The molecule has 6 heteroatoms. The Morgan fingerprint density at radius 2 is 2.30 bits per heavy atom. The standard InChI is InChI=1S/C17H26N4O2/c1-20-14-6-2-3-8-17(14,9-7-15(20)22)16(23)18-10-4-12-21-13-5-11-19-21/h5,11,13-14H,2-4,6-10,12H2,1H3,(H,18,23)/t14-,17-/m0/s1. The van der Waals surface area contributed by atoms with E-state index in [0.717, 1.165) is 38.6 Å². The lowest BCUT2D eigenvalue weighted by atomic mass is 9.64. The highest BCUT2D eigenvalue weighted by Crippen LogP contribution is 2.46. The van der Waals surface area contributed by atoms with Gasteiger partial charge in [0.05, 0.1) is 5.41 Å². The molecule has 6 nitrogen and oxygen atoms in total. The molecule has 1 aromatic heterocycles. The molecule has 1 aliphatic heterocycles. The zero-order valence-corrected chi connectivity index (χ0v) is 13.8. The Kier molecular flexibility index (Phi) is 4.68. The van der Waals surface area contributed by atoms with Crippen molar-refractivity contribution < 1.29 is 9.59 Å². The molecule has 2 atom stereocenters. The number of likely N-dealkylation sites (tertiary alicyclic amines) is 1. The first-order valence-electron chi connectivity index (χ1n) is 8.65. The van der Waals surface area contributed by atoms with E-state index in [2.05, 4.69) is 10.4 Å². The Labute approximate surface area is 137 Å². The van der Waals surface area contributed by atoms with E-state index >= 15 is 0 Å². The monoisotopic (exact) mass is 318 g/mol. The Balaban J connectivity index is 1.58. The summed E-state index contributed by atoms with van der Waals surface area (Å²) in [5.74, 6) is 0.320. The van der Waals surface area contributed by atoms with Crippen molar-refractivity contribution in [2.75, 3.05) is 13.6 Å². The van der Waals surface area contributed by atoms with Crippen molar-refractivity contribution in [1.82, 2.24) is 20.0 Å². The minimum absolute atomic E-state index is 0.0728. The number of aromatic nitrogens is 2. The molecule has 0 unspecified atom stereocenters. The molecule has 0 radical (unpaired) electrons. The van der Waals surface area contributed by atoms with Crippen LogP contribution in [-0.4, -0.2) is 46.1 Å². The zero-order valence-electron chi connectivity index (χ0n) is 13.8. The average Bonchev–Trinajstić information content (AvgIpc) is 3.08. The first kappa shape index (κ1) is 16.0. The SMILES string of the molecule is CN1C(=O)CC[C@@]2(C(=O)NCCCn3cccn3)CCCC[C@H]12. The van der Waals surface area contributed by atoms with Crippen LogP contribution >= 0.6 is 0 Å². The van der Waals surface area contributed by atoms with Crippen LogP contribution in [0.1, 0.15) is 44.9 Å². The lowest BCUT2D eigenvalue weighted by Gasteiger charge is -2.50. The minimum atomic E-state index is -0.368. The first-order chi connectivity index (χ1) is 11.1. The summed E-state index contributed by atoms with van der Waals surface area (Å²) in [6, 6.07) is 1.97. The highest BCUT2D eigenvalue weighted by atomic mass is 16.2. The van der Waals surface area contributed by atoms with Crippen LogP contribution in [0, 0.1) is 5.41 Å². The van der Waals surface area contributed by atoms with Crippen LogP contribution in [0.4, 0.5) is 0 Å². The molecule has 0 aromatic carbocycles. The molecule has 2 amide bonds. The number of hydrogen-bond acceptors (Lipinski definition) is 3. The molecule has 1 saturated carbocycles. The molecular weight excluding hydrogens is 292 g/mol. The number of aryl methyl sites for hydroxylation is 1. The number of piperidine rings is 1. The maximum absolute atomic E-state index is 12.9. The molecule has 3 rings (SSSR count). The maximum Gasteiger partial charge on any atom is 0.228 e. The molecule has 1 aromatic rings. The smallest absolute Gasteiger partial charge is 0.228 e. The number of nitrogens with one attached hydrogen (secondary N) is 1. The van der Waals surface area contributed by atoms with Crippen LogP contribution in [0.25, 0.3) is 0 Å². The number of fused-ring (bicyclic) bond motifs is 1. The van der Waals surface area contributed by atoms with Gasteiger partial charge in [0.25, 0.3) is 0 Å². The molecule has 23 heavy (non-hydrogen) atoms. The van der Waals surface area contributed by atoms with Gasteiger partial charge in [-0.05, 0) is 31.7 Å². The molecule has 0 spiro atoms. The summed E-state index contributed by atoms with van der Waals surface area (Å²) in [5.41, 5.74) is -0.368. The van der Waals surface area contributed by atoms with E-state index in [1.165, 1.54) is 0 Å². The summed E-state index contributed by atoms with van der Waals surface area (Å²) in [7, 11) is 1.86. The zero-order chi connectivity index (χ0) is 16.3. The Hall–Kier alpha value is -1.85. The van der Waals surface area contributed by atoms with Crippen LogP contribution in [0.3, 0.4) is 0 Å². The summed E-state index contributed by atoms with van der Waals surface area (Å²) < 4.78 is 1.88. The van der Waals surface area contributed by atoms with E-state index < -0.39 is 0 Å². The second-order valence-corrected chi connectivity index (χ2v) is 6.80. The van der Waals surface area contributed by atoms with Crippen LogP contribution in [-0.2, 0) is 16.1 Å². The molecule has 1 N–H and O–H groups in total. The topological polar surface area (TPSA) is 67.2 Å². The van der Waals surface area contributed by atoms with Gasteiger partial charge in [0.1, 0.15) is 0 Å². The van der Waals surface area contributed by atoms with Gasteiger partial charge in [-0.25, -0.2) is 0 Å². The van der Waals surface area contributed by atoms with Crippen molar-refractivity contribution in [2.45, 2.75) is 57.5 Å². The van der Waals surface area contributed by atoms with E-state index in [4.69, 9.17) is 0 Å². The van der Waals surface area contributed by atoms with E-state index in [1.807, 2.05) is 28.9 Å². The highest BCUT2D eigenvalue weighted by molar-refractivity contribution is 5.87. The fraction of sp³-hybridized carbons (Fsp3) is 0.706. The van der Waals surface area contributed by atoms with Crippen LogP contribution < -0.4 is 5.32 Å². The van der Waals surface area contributed by atoms with E-state index in [1.54, 1.807) is 6.20 Å². The Morgan fingerprint density at radius 1 is 1.43 bits per heavy atom.